The Kier molecular flexibility index (Phi) is 1.54. The van der Waals surface area contributed by atoms with Gasteiger partial charge < -0.3 is 0 Å². The lowest BCUT2D eigenvalue weighted by molar-refractivity contribution is 1.12. The van der Waals surface area contributed by atoms with Gasteiger partial charge >= 0.3 is 0 Å². The molecule has 0 saturated carbocycles. The maximum Gasteiger partial charge on any atom is 0.107 e. The molecule has 0 aromatic heterocycles. The molecule has 1 aliphatic rings. The number of aliphatic imine (C=N–C) groups is 1. The second-order valence-electron chi connectivity index (χ2n) is 2.19. The van der Waals surface area contributed by atoms with Crippen molar-refractivity contribution in [2.24, 2.45) is 4.99 Å². The van der Waals surface area contributed by atoms with Gasteiger partial charge in [0.05, 0.1) is 11.4 Å². The largest absolute Gasteiger partial charge is 0.298 e. The lowest BCUT2D eigenvalue weighted by Crippen LogP contribution is -2.21. The first-order valence-corrected chi connectivity index (χ1v) is 3.99. The van der Waals surface area contributed by atoms with E-state index in [9.17, 15) is 0 Å². The van der Waals surface area contributed by atoms with Gasteiger partial charge in [-0.2, -0.15) is 0 Å². The van der Waals surface area contributed by atoms with Crippen LogP contribution in [0.15, 0.2) is 27.7 Å². The minimum atomic E-state index is 0.943. The Morgan fingerprint density at radius 2 is 2.27 bits per heavy atom. The third-order valence-electron chi connectivity index (χ3n) is 1.43. The zero-order valence-electron chi connectivity index (χ0n) is 5.63. The number of nitrogens with one attached hydrogen (secondary N) is 2. The van der Waals surface area contributed by atoms with E-state index in [0.29, 0.717) is 0 Å². The van der Waals surface area contributed by atoms with Gasteiger partial charge in [-0.15, -0.1) is 0 Å². The molecule has 2 rings (SSSR count). The number of hydrazine groups is 1. The van der Waals surface area contributed by atoms with Gasteiger partial charge in [0.2, 0.25) is 0 Å². The van der Waals surface area contributed by atoms with E-state index in [-0.39, 0.29) is 0 Å². The van der Waals surface area contributed by atoms with Gasteiger partial charge in [-0.05, 0) is 18.2 Å². The average Bonchev–Trinajstić information content (AvgIpc) is 2.04. The fraction of sp³-hybridized carbons (Fsp3) is 0. The van der Waals surface area contributed by atoms with Crippen LogP contribution in [-0.2, 0) is 0 Å². The predicted molar refractivity (Wildman–Crippen MR) is 49.1 cm³/mol. The van der Waals surface area contributed by atoms with Crippen molar-refractivity contribution in [3.05, 3.63) is 22.7 Å². The summed E-state index contributed by atoms with van der Waals surface area (Å²) in [5.74, 6) is 0. The van der Waals surface area contributed by atoms with Crippen LogP contribution >= 0.6 is 15.9 Å². The van der Waals surface area contributed by atoms with Gasteiger partial charge in [-0.1, -0.05) is 15.9 Å². The molecule has 0 atom stereocenters. The number of rotatable bonds is 0. The molecule has 0 radical (unpaired) electrons. The van der Waals surface area contributed by atoms with Crippen molar-refractivity contribution >= 4 is 33.6 Å². The van der Waals surface area contributed by atoms with Crippen molar-refractivity contribution in [3.8, 4) is 0 Å². The molecule has 11 heavy (non-hydrogen) atoms. The smallest absolute Gasteiger partial charge is 0.107 e. The molecule has 1 aromatic rings. The number of benzene rings is 1. The Bertz CT molecular complexity index is 309. The molecule has 4 heteroatoms. The van der Waals surface area contributed by atoms with Crippen LogP contribution in [0.1, 0.15) is 0 Å². The molecule has 3 nitrogen and oxygen atoms in total. The van der Waals surface area contributed by atoms with Gasteiger partial charge in [0.25, 0.3) is 0 Å². The summed E-state index contributed by atoms with van der Waals surface area (Å²) >= 11 is 3.37. The van der Waals surface area contributed by atoms with Crippen LogP contribution in [-0.4, -0.2) is 6.34 Å². The molecule has 0 aliphatic carbocycles. The molecule has 2 N–H and O–H groups in total. The molecular weight excluding hydrogens is 206 g/mol. The molecule has 1 heterocycles. The fourth-order valence-electron chi connectivity index (χ4n) is 0.929. The molecule has 1 aliphatic heterocycles. The van der Waals surface area contributed by atoms with E-state index in [1.807, 2.05) is 18.2 Å². The summed E-state index contributed by atoms with van der Waals surface area (Å²) < 4.78 is 1.04. The maximum atomic E-state index is 4.13. The van der Waals surface area contributed by atoms with Crippen LogP contribution in [0.25, 0.3) is 0 Å². The Morgan fingerprint density at radius 1 is 1.36 bits per heavy atom. The minimum Gasteiger partial charge on any atom is -0.298 e. The van der Waals surface area contributed by atoms with Gasteiger partial charge in [-0.3, -0.25) is 10.9 Å². The van der Waals surface area contributed by atoms with Crippen LogP contribution < -0.4 is 10.9 Å². The molecule has 0 spiro atoms. The molecule has 0 fully saturated rings. The van der Waals surface area contributed by atoms with Crippen molar-refractivity contribution in [1.29, 1.82) is 0 Å². The van der Waals surface area contributed by atoms with E-state index in [0.717, 1.165) is 15.8 Å². The quantitative estimate of drug-likeness (QED) is 0.690. The van der Waals surface area contributed by atoms with Gasteiger partial charge in [-0.25, -0.2) is 4.99 Å². The van der Waals surface area contributed by atoms with E-state index in [4.69, 9.17) is 0 Å². The number of hydrogen-bond donors (Lipinski definition) is 2. The van der Waals surface area contributed by atoms with Crippen molar-refractivity contribution in [2.45, 2.75) is 0 Å². The van der Waals surface area contributed by atoms with E-state index in [1.165, 1.54) is 0 Å². The molecule has 56 valence electrons. The van der Waals surface area contributed by atoms with E-state index >= 15 is 0 Å². The lowest BCUT2D eigenvalue weighted by atomic mass is 10.3. The minimum absolute atomic E-state index is 0.943. The highest BCUT2D eigenvalue weighted by atomic mass is 79.9. The summed E-state index contributed by atoms with van der Waals surface area (Å²) in [4.78, 5) is 4.13. The Balaban J connectivity index is 2.54. The number of hydrogen-bond acceptors (Lipinski definition) is 3. The van der Waals surface area contributed by atoms with Crippen molar-refractivity contribution in [1.82, 2.24) is 5.43 Å². The molecule has 0 unspecified atom stereocenters. The first-order valence-electron chi connectivity index (χ1n) is 3.20. The normalized spacial score (nSPS) is 13.2. The van der Waals surface area contributed by atoms with Gasteiger partial charge in [0.15, 0.2) is 0 Å². The lowest BCUT2D eigenvalue weighted by Gasteiger charge is -2.12. The zero-order chi connectivity index (χ0) is 7.68. The number of anilines is 1. The summed E-state index contributed by atoms with van der Waals surface area (Å²) in [5.41, 5.74) is 7.71. The highest BCUT2D eigenvalue weighted by Gasteiger charge is 2.02. The summed E-state index contributed by atoms with van der Waals surface area (Å²) in [7, 11) is 0. The van der Waals surface area contributed by atoms with Crippen molar-refractivity contribution in [3.63, 3.8) is 0 Å². The van der Waals surface area contributed by atoms with Crippen LogP contribution in [0.5, 0.6) is 0 Å². The monoisotopic (exact) mass is 211 g/mol. The standard InChI is InChI=1S/C7H6BrN3/c8-5-1-2-6-7(3-5)9-4-10-11-6/h1-4,11H,(H,9,10). The van der Waals surface area contributed by atoms with Crippen LogP contribution in [0.3, 0.4) is 0 Å². The van der Waals surface area contributed by atoms with Gasteiger partial charge in [0, 0.05) is 4.47 Å². The van der Waals surface area contributed by atoms with Gasteiger partial charge in [0.1, 0.15) is 6.34 Å². The van der Waals surface area contributed by atoms with Crippen molar-refractivity contribution in [2.75, 3.05) is 5.43 Å². The topological polar surface area (TPSA) is 36.4 Å². The van der Waals surface area contributed by atoms with E-state index in [2.05, 4.69) is 31.8 Å². The Labute approximate surface area is 72.6 Å². The fourth-order valence-corrected chi connectivity index (χ4v) is 1.28. The predicted octanol–water partition coefficient (Wildman–Crippen LogP) is 2.04. The second kappa shape index (κ2) is 2.54. The summed E-state index contributed by atoms with van der Waals surface area (Å²) in [6.45, 7) is 0. The van der Waals surface area contributed by atoms with E-state index in [1.54, 1.807) is 6.34 Å². The second-order valence-corrected chi connectivity index (χ2v) is 3.10. The molecule has 1 aromatic carbocycles. The maximum absolute atomic E-state index is 4.13. The Hall–Kier alpha value is -1.03. The molecule has 0 bridgehead atoms. The number of nitrogens with zero attached hydrogens (tertiary/aromatic N) is 1. The highest BCUT2D eigenvalue weighted by molar-refractivity contribution is 9.10. The highest BCUT2D eigenvalue weighted by Crippen LogP contribution is 2.28. The van der Waals surface area contributed by atoms with Crippen LogP contribution in [0, 0.1) is 0 Å². The molecule has 0 saturated heterocycles. The third kappa shape index (κ3) is 1.21. The summed E-state index contributed by atoms with van der Waals surface area (Å²) in [5, 5.41) is 0. The number of halogens is 1. The number of fused-ring (bicyclic) bond motifs is 1. The molecular formula is C7H6BrN3. The first-order chi connectivity index (χ1) is 5.36. The van der Waals surface area contributed by atoms with Crippen LogP contribution in [0.4, 0.5) is 11.4 Å². The SMILES string of the molecule is Brc1ccc2c(c1)N=CNN2. The van der Waals surface area contributed by atoms with E-state index < -0.39 is 0 Å². The zero-order valence-corrected chi connectivity index (χ0v) is 7.22. The Morgan fingerprint density at radius 3 is 3.18 bits per heavy atom. The first kappa shape index (κ1) is 6.67. The van der Waals surface area contributed by atoms with Crippen LogP contribution in [0.2, 0.25) is 0 Å². The summed E-state index contributed by atoms with van der Waals surface area (Å²) in [6, 6.07) is 5.89. The third-order valence-corrected chi connectivity index (χ3v) is 1.93. The molecule has 0 amide bonds. The summed E-state index contributed by atoms with van der Waals surface area (Å²) in [6.07, 6.45) is 1.62. The average molecular weight is 212 g/mol. The van der Waals surface area contributed by atoms with Crippen molar-refractivity contribution < 1.29 is 0 Å².